The largest absolute Gasteiger partial charge is 0.457 e. The molecule has 1 unspecified atom stereocenters. The molecular formula is C13H14BBrNO3. The lowest BCUT2D eigenvalue weighted by atomic mass is 9.70. The fraction of sp³-hybridized carbons (Fsp3) is 0.385. The van der Waals surface area contributed by atoms with E-state index in [0.717, 1.165) is 17.3 Å². The zero-order valence-electron chi connectivity index (χ0n) is 10.6. The molecule has 1 aliphatic heterocycles. The second-order valence-corrected chi connectivity index (χ2v) is 5.40. The van der Waals surface area contributed by atoms with Gasteiger partial charge in [-0.15, -0.1) is 0 Å². The van der Waals surface area contributed by atoms with E-state index in [9.17, 15) is 9.59 Å². The Morgan fingerprint density at radius 3 is 2.68 bits per heavy atom. The van der Waals surface area contributed by atoms with E-state index in [1.165, 1.54) is 0 Å². The summed E-state index contributed by atoms with van der Waals surface area (Å²) < 4.78 is 5.98. The summed E-state index contributed by atoms with van der Waals surface area (Å²) in [6.45, 7) is 0.638. The van der Waals surface area contributed by atoms with Gasteiger partial charge in [-0.2, -0.15) is 0 Å². The van der Waals surface area contributed by atoms with Crippen LogP contribution in [0.4, 0.5) is 0 Å². The van der Waals surface area contributed by atoms with Crippen LogP contribution >= 0.6 is 15.9 Å². The molecule has 4 nitrogen and oxygen atoms in total. The van der Waals surface area contributed by atoms with Gasteiger partial charge in [-0.1, -0.05) is 34.4 Å². The number of halogens is 1. The number of rotatable bonds is 4. The summed E-state index contributed by atoms with van der Waals surface area (Å²) in [5.41, 5.74) is 0.541. The highest BCUT2D eigenvalue weighted by Gasteiger charge is 2.30. The normalized spacial score (nSPS) is 18.9. The van der Waals surface area contributed by atoms with Gasteiger partial charge >= 0.3 is 5.97 Å². The third-order valence-corrected chi connectivity index (χ3v) is 3.63. The number of esters is 1. The van der Waals surface area contributed by atoms with Crippen LogP contribution in [0.5, 0.6) is 0 Å². The van der Waals surface area contributed by atoms with Crippen LogP contribution in [0.25, 0.3) is 0 Å². The van der Waals surface area contributed by atoms with Crippen LogP contribution < -0.4 is 0 Å². The number of Topliss-reactive ketones (excluding diaryl/α,β-unsaturated/α-hetero) is 1. The van der Waals surface area contributed by atoms with Crippen molar-refractivity contribution in [3.05, 3.63) is 34.3 Å². The van der Waals surface area contributed by atoms with Crippen molar-refractivity contribution >= 4 is 35.0 Å². The molecule has 1 heterocycles. The third kappa shape index (κ3) is 3.67. The lowest BCUT2D eigenvalue weighted by molar-refractivity contribution is -0.144. The second kappa shape index (κ2) is 6.35. The highest BCUT2D eigenvalue weighted by Crippen LogP contribution is 2.12. The first-order valence-corrected chi connectivity index (χ1v) is 6.86. The number of ketones is 1. The fourth-order valence-corrected chi connectivity index (χ4v) is 2.24. The summed E-state index contributed by atoms with van der Waals surface area (Å²) in [6.07, 6.45) is 0.872. The summed E-state index contributed by atoms with van der Waals surface area (Å²) in [4.78, 5) is 25.5. The van der Waals surface area contributed by atoms with E-state index < -0.39 is 0 Å². The van der Waals surface area contributed by atoms with E-state index >= 15 is 0 Å². The molecule has 1 aliphatic rings. The molecule has 0 aromatic heterocycles. The summed E-state index contributed by atoms with van der Waals surface area (Å²) in [7, 11) is 3.78. The number of benzene rings is 1. The maximum Gasteiger partial charge on any atom is 0.315 e. The van der Waals surface area contributed by atoms with Crippen molar-refractivity contribution in [2.75, 3.05) is 20.2 Å². The summed E-state index contributed by atoms with van der Waals surface area (Å²) in [6, 6.07) is 6.98. The number of carbonyl (C=O) groups is 2. The minimum atomic E-state index is -0.356. The standard InChI is InChI=1S/C13H14BBrNO3/c1-16-7-6-14-12(16)13(18)19-8-11(17)9-2-4-10(15)5-3-9/h2-5,12H,6-8H2,1H3. The van der Waals surface area contributed by atoms with Gasteiger partial charge in [-0.3, -0.25) is 9.59 Å². The Labute approximate surface area is 121 Å². The zero-order valence-corrected chi connectivity index (χ0v) is 12.2. The van der Waals surface area contributed by atoms with Gasteiger partial charge in [0.25, 0.3) is 0 Å². The number of nitrogens with zero attached hydrogens (tertiary/aromatic N) is 1. The Balaban J connectivity index is 1.86. The topological polar surface area (TPSA) is 46.6 Å². The molecule has 0 aliphatic carbocycles. The van der Waals surface area contributed by atoms with Crippen molar-refractivity contribution in [3.63, 3.8) is 0 Å². The molecule has 1 radical (unpaired) electrons. The Kier molecular flexibility index (Phi) is 4.77. The number of carbonyl (C=O) groups excluding carboxylic acids is 2. The van der Waals surface area contributed by atoms with Crippen molar-refractivity contribution in [1.29, 1.82) is 0 Å². The molecule has 0 N–H and O–H groups in total. The van der Waals surface area contributed by atoms with E-state index in [1.807, 2.05) is 19.2 Å². The van der Waals surface area contributed by atoms with E-state index in [0.29, 0.717) is 5.56 Å². The van der Waals surface area contributed by atoms with E-state index in [1.54, 1.807) is 24.3 Å². The molecule has 0 spiro atoms. The van der Waals surface area contributed by atoms with Crippen LogP contribution in [0.3, 0.4) is 0 Å². The average Bonchev–Trinajstić information content (AvgIpc) is 2.83. The second-order valence-electron chi connectivity index (χ2n) is 4.49. The van der Waals surface area contributed by atoms with Crippen LogP contribution in [-0.4, -0.2) is 50.1 Å². The smallest absolute Gasteiger partial charge is 0.315 e. The van der Waals surface area contributed by atoms with Crippen molar-refractivity contribution in [3.8, 4) is 0 Å². The van der Waals surface area contributed by atoms with E-state index in [2.05, 4.69) is 15.9 Å². The van der Waals surface area contributed by atoms with E-state index in [-0.39, 0.29) is 24.3 Å². The average molecular weight is 323 g/mol. The highest BCUT2D eigenvalue weighted by molar-refractivity contribution is 9.10. The van der Waals surface area contributed by atoms with Crippen molar-refractivity contribution < 1.29 is 14.3 Å². The van der Waals surface area contributed by atoms with Gasteiger partial charge < -0.3 is 9.64 Å². The first kappa shape index (κ1) is 14.3. The SMILES string of the molecule is CN1CC[B]C1C(=O)OCC(=O)c1ccc(Br)cc1. The monoisotopic (exact) mass is 322 g/mol. The molecule has 1 fully saturated rings. The van der Waals surface area contributed by atoms with Crippen LogP contribution in [0, 0.1) is 0 Å². The Hall–Kier alpha value is -1.14. The predicted molar refractivity (Wildman–Crippen MR) is 76.4 cm³/mol. The zero-order chi connectivity index (χ0) is 13.8. The summed E-state index contributed by atoms with van der Waals surface area (Å²) in [5.74, 6) is -0.871. The number of ether oxygens (including phenoxy) is 1. The molecule has 6 heteroatoms. The quantitative estimate of drug-likeness (QED) is 0.479. The van der Waals surface area contributed by atoms with Gasteiger partial charge in [0.1, 0.15) is 7.28 Å². The van der Waals surface area contributed by atoms with Crippen LogP contribution in [0.1, 0.15) is 10.4 Å². The van der Waals surface area contributed by atoms with Gasteiger partial charge in [-0.05, 0) is 25.7 Å². The molecule has 99 valence electrons. The maximum atomic E-state index is 11.8. The Morgan fingerprint density at radius 1 is 1.42 bits per heavy atom. The first-order valence-electron chi connectivity index (χ1n) is 6.07. The molecule has 1 aromatic carbocycles. The van der Waals surface area contributed by atoms with Gasteiger partial charge in [0.2, 0.25) is 0 Å². The molecule has 0 bridgehead atoms. The molecule has 0 amide bonds. The first-order chi connectivity index (χ1) is 9.08. The summed E-state index contributed by atoms with van der Waals surface area (Å²) >= 11 is 3.30. The third-order valence-electron chi connectivity index (χ3n) is 3.10. The van der Waals surface area contributed by atoms with E-state index in [4.69, 9.17) is 4.74 Å². The van der Waals surface area contributed by atoms with Crippen molar-refractivity contribution in [2.45, 2.75) is 12.3 Å². The summed E-state index contributed by atoms with van der Waals surface area (Å²) in [5, 5.41) is 0. The molecular weight excluding hydrogens is 309 g/mol. The molecule has 1 saturated heterocycles. The van der Waals surface area contributed by atoms with Crippen LogP contribution in [0.2, 0.25) is 6.32 Å². The molecule has 2 rings (SSSR count). The predicted octanol–water partition coefficient (Wildman–Crippen LogP) is 1.57. The van der Waals surface area contributed by atoms with Gasteiger partial charge in [-0.25, -0.2) is 0 Å². The van der Waals surface area contributed by atoms with Gasteiger partial charge in [0.05, 0.1) is 5.94 Å². The molecule has 1 aromatic rings. The maximum absolute atomic E-state index is 11.8. The van der Waals surface area contributed by atoms with Gasteiger partial charge in [0, 0.05) is 10.0 Å². The minimum absolute atomic E-state index is 0.193. The number of hydrogen-bond acceptors (Lipinski definition) is 4. The van der Waals surface area contributed by atoms with Crippen LogP contribution in [0.15, 0.2) is 28.7 Å². The highest BCUT2D eigenvalue weighted by atomic mass is 79.9. The Bertz CT molecular complexity index is 477. The minimum Gasteiger partial charge on any atom is -0.457 e. The van der Waals surface area contributed by atoms with Gasteiger partial charge in [0.15, 0.2) is 12.4 Å². The fourth-order valence-electron chi connectivity index (χ4n) is 1.97. The Morgan fingerprint density at radius 2 is 2.11 bits per heavy atom. The molecule has 1 atom stereocenters. The lowest BCUT2D eigenvalue weighted by Crippen LogP contribution is -2.38. The lowest BCUT2D eigenvalue weighted by Gasteiger charge is -2.17. The number of likely N-dealkylation sites (N-methyl/N-ethyl adjacent to an activating group) is 1. The molecule has 19 heavy (non-hydrogen) atoms. The van der Waals surface area contributed by atoms with Crippen molar-refractivity contribution in [1.82, 2.24) is 4.90 Å². The van der Waals surface area contributed by atoms with Crippen molar-refractivity contribution in [2.24, 2.45) is 0 Å². The molecule has 0 saturated carbocycles. The van der Waals surface area contributed by atoms with Crippen LogP contribution in [-0.2, 0) is 9.53 Å². The number of hydrogen-bond donors (Lipinski definition) is 0.